The second-order valence-electron chi connectivity index (χ2n) is 13.0. The number of halogens is 1. The number of rotatable bonds is 3. The number of aromatic amines is 1. The minimum absolute atomic E-state index is 0. The molecule has 0 spiro atoms. The average Bonchev–Trinajstić information content (AvgIpc) is 3.65. The van der Waals surface area contributed by atoms with Crippen LogP contribution in [0.25, 0.3) is 54.7 Å². The second-order valence-corrected chi connectivity index (χ2v) is 14.1. The Hall–Kier alpha value is -3.75. The number of nitrogens with one attached hydrogen (secondary N) is 1. The van der Waals surface area contributed by atoms with Crippen LogP contribution in [-0.4, -0.2) is 64.8 Å². The van der Waals surface area contributed by atoms with Crippen molar-refractivity contribution in [1.29, 1.82) is 0 Å². The molecule has 57 heavy (non-hydrogen) atoms. The van der Waals surface area contributed by atoms with Gasteiger partial charge in [0.1, 0.15) is 11.2 Å². The molecule has 0 unspecified atom stereocenters. The third-order valence-electron chi connectivity index (χ3n) is 8.20. The number of carbonyl (C=O) groups excluding carboxylic acids is 2. The molecule has 0 saturated heterocycles. The Morgan fingerprint density at radius 1 is 0.842 bits per heavy atom. The summed E-state index contributed by atoms with van der Waals surface area (Å²) in [5, 5.41) is 32.8. The predicted molar refractivity (Wildman–Crippen MR) is 220 cm³/mol. The number of aromatic nitrogens is 6. The molecular weight excluding hydrogens is 860 g/mol. The summed E-state index contributed by atoms with van der Waals surface area (Å²) in [6.45, 7) is 9.36. The second kappa shape index (κ2) is 21.9. The third kappa shape index (κ3) is 11.7. The first-order valence-corrected chi connectivity index (χ1v) is 18.0. The van der Waals surface area contributed by atoms with Crippen LogP contribution in [0.2, 0.25) is 0 Å². The maximum absolute atomic E-state index is 12.2. The number of hydrogen-bond donors (Lipinski definition) is 3. The fourth-order valence-electron chi connectivity index (χ4n) is 5.94. The van der Waals surface area contributed by atoms with E-state index < -0.39 is 12.7 Å². The number of ether oxygens (including phenoxy) is 1. The van der Waals surface area contributed by atoms with E-state index in [1.54, 1.807) is 36.8 Å². The van der Waals surface area contributed by atoms with E-state index in [1.807, 2.05) is 70.6 Å². The van der Waals surface area contributed by atoms with Crippen LogP contribution in [0.3, 0.4) is 0 Å². The molecule has 0 radical (unpaired) electrons. The van der Waals surface area contributed by atoms with Crippen LogP contribution in [0, 0.1) is 17.4 Å². The Labute approximate surface area is 388 Å². The minimum atomic E-state index is -1.42. The van der Waals surface area contributed by atoms with Crippen LogP contribution in [0.15, 0.2) is 110 Å². The largest absolute Gasteiger partial charge is 1.00 e. The van der Waals surface area contributed by atoms with Gasteiger partial charge in [0.25, 0.3) is 6.47 Å². The molecule has 0 aliphatic heterocycles. The molecule has 0 saturated carbocycles. The first kappa shape index (κ1) is 47.6. The zero-order valence-corrected chi connectivity index (χ0v) is 38.8. The Bertz CT molecular complexity index is 2600. The van der Waals surface area contributed by atoms with Gasteiger partial charge in [0, 0.05) is 73.9 Å². The van der Waals surface area contributed by atoms with Crippen molar-refractivity contribution in [3.05, 3.63) is 125 Å². The normalized spacial score (nSPS) is 10.4. The van der Waals surface area contributed by atoms with Gasteiger partial charge in [0.05, 0.1) is 0 Å². The van der Waals surface area contributed by atoms with Gasteiger partial charge in [0.15, 0.2) is 5.65 Å². The van der Waals surface area contributed by atoms with Gasteiger partial charge in [-0.15, -0.1) is 0 Å². The average molecular weight is 898 g/mol. The quantitative estimate of drug-likeness (QED) is 0.0728. The van der Waals surface area contributed by atoms with Crippen molar-refractivity contribution < 1.29 is 95.1 Å². The number of benzene rings is 2. The van der Waals surface area contributed by atoms with E-state index in [-0.39, 0.29) is 73.1 Å². The van der Waals surface area contributed by atoms with Crippen molar-refractivity contribution in [3.8, 4) is 11.1 Å². The molecule has 282 valence electrons. The number of carbonyl (C=O) groups is 2. The molecule has 13 nitrogen and oxygen atoms in total. The van der Waals surface area contributed by atoms with Crippen molar-refractivity contribution in [3.63, 3.8) is 0 Å². The number of H-pyrrole nitrogens is 1. The number of aryl methyl sites for hydroxylation is 1. The van der Waals surface area contributed by atoms with E-state index in [1.165, 1.54) is 21.1 Å². The molecule has 0 amide bonds. The summed E-state index contributed by atoms with van der Waals surface area (Å²) >= 11 is 2.23. The summed E-state index contributed by atoms with van der Waals surface area (Å²) in [5.41, 5.74) is 6.04. The van der Waals surface area contributed by atoms with Gasteiger partial charge in [0.2, 0.25) is 0 Å². The standard InChI is InChI=1S/C17H13N3.C13H15IN2O2.C9H8BNO2.CH2O3.2Na.H/c1-11-16(15-6-3-8-19-17(15)20-11)14-5-2-4-12-10-18-9-7-13(12)14;1-8-10(14)9-6-5-7-15-11(9)16(8)12(17)18-13(2,3)4;12-10(13)9-3-1-2-7-6-11-5-4-8(7)9;2-1-4-3;;;/h2-10H,1H3,(H,19,20);5-7H,1-4H3;1-6,12-13H;1,3H;;;/q;;;;2*+1;-1/p-1. The molecule has 0 atom stereocenters. The monoisotopic (exact) mass is 898 g/mol. The SMILES string of the molecule is Cc1[nH]c2ncccc2c1-c1cccc2cnccc12.Cc1c(I)c2cccnc2n1C(=O)OC(C)(C)C.O=CO[O-].OB(O)c1cccc2cnccc12.[H-].[Na+].[Na+]. The van der Waals surface area contributed by atoms with Gasteiger partial charge >= 0.3 is 72.3 Å². The predicted octanol–water partition coefficient (Wildman–Crippen LogP) is 0.289. The Balaban J connectivity index is 0.000000285. The summed E-state index contributed by atoms with van der Waals surface area (Å²) in [6.07, 6.45) is 10.2. The Morgan fingerprint density at radius 3 is 2.04 bits per heavy atom. The van der Waals surface area contributed by atoms with E-state index in [0.717, 1.165) is 47.5 Å². The van der Waals surface area contributed by atoms with E-state index in [9.17, 15) is 4.79 Å². The van der Waals surface area contributed by atoms with Gasteiger partial charge in [-0.25, -0.2) is 19.3 Å². The van der Waals surface area contributed by atoms with E-state index >= 15 is 0 Å². The molecule has 0 bridgehead atoms. The molecule has 0 aliphatic rings. The molecule has 8 aromatic rings. The molecule has 6 aromatic heterocycles. The van der Waals surface area contributed by atoms with Gasteiger partial charge in [-0.2, -0.15) is 0 Å². The third-order valence-corrected chi connectivity index (χ3v) is 9.57. The van der Waals surface area contributed by atoms with E-state index in [0.29, 0.717) is 11.1 Å². The summed E-state index contributed by atoms with van der Waals surface area (Å²) in [4.78, 5) is 43.6. The zero-order valence-electron chi connectivity index (χ0n) is 33.6. The van der Waals surface area contributed by atoms with Gasteiger partial charge in [-0.05, 0) is 121 Å². The van der Waals surface area contributed by atoms with Crippen LogP contribution in [0.4, 0.5) is 4.79 Å². The molecule has 2 aromatic carbocycles. The van der Waals surface area contributed by atoms with E-state index in [4.69, 9.17) is 24.8 Å². The number of fused-ring (bicyclic) bond motifs is 4. The summed E-state index contributed by atoms with van der Waals surface area (Å²) in [7, 11) is -1.42. The van der Waals surface area contributed by atoms with Crippen LogP contribution in [0.5, 0.6) is 0 Å². The van der Waals surface area contributed by atoms with Crippen molar-refractivity contribution in [2.45, 2.75) is 40.2 Å². The smallest absolute Gasteiger partial charge is 1.00 e. The topological polar surface area (TPSA) is 188 Å². The minimum Gasteiger partial charge on any atom is -1.00 e. The first-order chi connectivity index (χ1) is 26.4. The van der Waals surface area contributed by atoms with Crippen LogP contribution in [-0.2, 0) is 14.4 Å². The molecule has 0 aliphatic carbocycles. The fourth-order valence-corrected chi connectivity index (χ4v) is 6.60. The van der Waals surface area contributed by atoms with Crippen molar-refractivity contribution in [2.75, 3.05) is 0 Å². The molecule has 6 heterocycles. The van der Waals surface area contributed by atoms with Gasteiger partial charge < -0.3 is 31.3 Å². The van der Waals surface area contributed by atoms with Crippen LogP contribution >= 0.6 is 22.6 Å². The van der Waals surface area contributed by atoms with E-state index in [2.05, 4.69) is 89.7 Å². The van der Waals surface area contributed by atoms with Crippen molar-refractivity contribution >= 4 is 91.3 Å². The fraction of sp³-hybridized carbons (Fsp3) is 0.150. The summed E-state index contributed by atoms with van der Waals surface area (Å²) < 4.78 is 7.97. The van der Waals surface area contributed by atoms with Crippen LogP contribution < -0.4 is 69.8 Å². The summed E-state index contributed by atoms with van der Waals surface area (Å²) in [5.74, 6) is 0. The zero-order chi connectivity index (χ0) is 39.7. The molecule has 0 fully saturated rings. The number of nitrogens with zero attached hydrogens (tertiary/aromatic N) is 5. The van der Waals surface area contributed by atoms with Gasteiger partial charge in [-0.1, -0.05) is 36.4 Å². The Morgan fingerprint density at radius 2 is 1.42 bits per heavy atom. The van der Waals surface area contributed by atoms with Crippen molar-refractivity contribution in [1.82, 2.24) is 29.5 Å². The summed E-state index contributed by atoms with van der Waals surface area (Å²) in [6, 6.07) is 23.4. The first-order valence-electron chi connectivity index (χ1n) is 16.9. The van der Waals surface area contributed by atoms with Gasteiger partial charge in [-0.3, -0.25) is 14.8 Å². The van der Waals surface area contributed by atoms with Crippen molar-refractivity contribution in [2.24, 2.45) is 0 Å². The Kier molecular flexibility index (Phi) is 18.3. The molecular formula is C40H38BIN6Na2O7. The van der Waals surface area contributed by atoms with Crippen LogP contribution in [0.1, 0.15) is 33.6 Å². The molecule has 17 heteroatoms. The molecule has 8 rings (SSSR count). The number of pyridine rings is 4. The maximum Gasteiger partial charge on any atom is 1.00 e. The molecule has 3 N–H and O–H groups in total. The number of hydrogen-bond acceptors (Lipinski definition) is 11. The maximum atomic E-state index is 12.2.